The third kappa shape index (κ3) is 3.93. The predicted molar refractivity (Wildman–Crippen MR) is 80.8 cm³/mol. The van der Waals surface area contributed by atoms with Crippen molar-refractivity contribution in [1.82, 2.24) is 10.3 Å². The van der Waals surface area contributed by atoms with Gasteiger partial charge in [-0.3, -0.25) is 4.79 Å². The molecular weight excluding hydrogens is 252 g/mol. The molecule has 1 atom stereocenters. The smallest absolute Gasteiger partial charge is 0.248 e. The summed E-state index contributed by atoms with van der Waals surface area (Å²) in [6.07, 6.45) is 5.07. The maximum absolute atomic E-state index is 11.4. The van der Waals surface area contributed by atoms with E-state index in [0.29, 0.717) is 6.04 Å². The first-order valence-corrected chi connectivity index (χ1v) is 7.58. The van der Waals surface area contributed by atoms with Crippen molar-refractivity contribution in [2.45, 2.75) is 52.0 Å². The number of H-pyrrole nitrogens is 1. The molecule has 1 aliphatic rings. The molecule has 0 bridgehead atoms. The average Bonchev–Trinajstić information content (AvgIpc) is 2.42. The number of hydrogen-bond acceptors (Lipinski definition) is 3. The van der Waals surface area contributed by atoms with Gasteiger partial charge in [0.1, 0.15) is 0 Å². The van der Waals surface area contributed by atoms with E-state index < -0.39 is 0 Å². The van der Waals surface area contributed by atoms with Gasteiger partial charge in [0, 0.05) is 31.0 Å². The minimum absolute atomic E-state index is 0.00678. The van der Waals surface area contributed by atoms with Crippen LogP contribution in [0.4, 0.5) is 0 Å². The van der Waals surface area contributed by atoms with Gasteiger partial charge in [0.25, 0.3) is 0 Å². The van der Waals surface area contributed by atoms with Gasteiger partial charge in [0.2, 0.25) is 5.56 Å². The van der Waals surface area contributed by atoms with Crippen LogP contribution in [-0.4, -0.2) is 23.2 Å². The zero-order chi connectivity index (χ0) is 14.6. The van der Waals surface area contributed by atoms with Gasteiger partial charge < -0.3 is 15.4 Å². The quantitative estimate of drug-likeness (QED) is 0.747. The van der Waals surface area contributed by atoms with Gasteiger partial charge in [-0.1, -0.05) is 19.9 Å². The van der Waals surface area contributed by atoms with Crippen molar-refractivity contribution in [3.63, 3.8) is 0 Å². The van der Waals surface area contributed by atoms with E-state index in [4.69, 9.17) is 5.11 Å². The molecule has 20 heavy (non-hydrogen) atoms. The number of aromatic nitrogens is 1. The third-order valence-electron chi connectivity index (χ3n) is 4.17. The molecule has 0 aliphatic heterocycles. The highest BCUT2D eigenvalue weighted by molar-refractivity contribution is 5.26. The van der Waals surface area contributed by atoms with Crippen LogP contribution in [0, 0.1) is 5.41 Å². The van der Waals surface area contributed by atoms with Crippen LogP contribution >= 0.6 is 0 Å². The van der Waals surface area contributed by atoms with Crippen LogP contribution in [0.15, 0.2) is 16.9 Å². The first-order valence-electron chi connectivity index (χ1n) is 7.58. The molecule has 1 aliphatic carbocycles. The lowest BCUT2D eigenvalue weighted by Crippen LogP contribution is -2.34. The molecule has 0 fully saturated rings. The topological polar surface area (TPSA) is 65.1 Å². The van der Waals surface area contributed by atoms with E-state index in [1.165, 1.54) is 5.56 Å². The highest BCUT2D eigenvalue weighted by atomic mass is 16.2. The highest BCUT2D eigenvalue weighted by Crippen LogP contribution is 2.29. The van der Waals surface area contributed by atoms with Crippen LogP contribution < -0.4 is 10.9 Å². The van der Waals surface area contributed by atoms with E-state index in [2.05, 4.69) is 24.1 Å². The monoisotopic (exact) mass is 278 g/mol. The Morgan fingerprint density at radius 3 is 3.00 bits per heavy atom. The van der Waals surface area contributed by atoms with Crippen LogP contribution in [0.1, 0.15) is 56.8 Å². The number of fused-ring (bicyclic) bond motifs is 1. The third-order valence-corrected chi connectivity index (χ3v) is 4.17. The number of hydrogen-bond donors (Lipinski definition) is 3. The molecule has 1 heterocycles. The molecule has 112 valence electrons. The number of rotatable bonds is 6. The molecule has 1 unspecified atom stereocenters. The van der Waals surface area contributed by atoms with Crippen molar-refractivity contribution >= 4 is 0 Å². The maximum Gasteiger partial charge on any atom is 0.248 e. The summed E-state index contributed by atoms with van der Waals surface area (Å²) in [5.74, 6) is 0. The Hall–Kier alpha value is -1.13. The lowest BCUT2D eigenvalue weighted by molar-refractivity contribution is 0.229. The van der Waals surface area contributed by atoms with Gasteiger partial charge >= 0.3 is 0 Å². The van der Waals surface area contributed by atoms with E-state index in [0.717, 1.165) is 44.3 Å². The fourth-order valence-corrected chi connectivity index (χ4v) is 2.96. The zero-order valence-electron chi connectivity index (χ0n) is 12.5. The number of aliphatic hydroxyl groups is 1. The number of nitrogens with one attached hydrogen (secondary N) is 2. The average molecular weight is 278 g/mol. The van der Waals surface area contributed by atoms with Gasteiger partial charge in [-0.05, 0) is 43.1 Å². The lowest BCUT2D eigenvalue weighted by atomic mass is 9.86. The van der Waals surface area contributed by atoms with Crippen LogP contribution in [0.5, 0.6) is 0 Å². The molecule has 0 saturated heterocycles. The normalized spacial score (nSPS) is 18.9. The molecule has 0 radical (unpaired) electrons. The fraction of sp³-hybridized carbons (Fsp3) is 0.688. The lowest BCUT2D eigenvalue weighted by Gasteiger charge is -2.31. The molecule has 4 nitrogen and oxygen atoms in total. The van der Waals surface area contributed by atoms with Gasteiger partial charge in [-0.25, -0.2) is 0 Å². The van der Waals surface area contributed by atoms with Gasteiger partial charge in [0.05, 0.1) is 0 Å². The number of aromatic amines is 1. The predicted octanol–water partition coefficient (Wildman–Crippen LogP) is 2.14. The molecule has 0 spiro atoms. The van der Waals surface area contributed by atoms with Crippen LogP contribution in [0.3, 0.4) is 0 Å². The van der Waals surface area contributed by atoms with Crippen molar-refractivity contribution in [3.8, 4) is 0 Å². The summed E-state index contributed by atoms with van der Waals surface area (Å²) < 4.78 is 0. The molecule has 0 saturated carbocycles. The SMILES string of the molecule is CC(C)(CCCO)CNC1CCCc2[nH]c(=O)ccc21. The minimum atomic E-state index is -0.00678. The first-order chi connectivity index (χ1) is 9.52. The Kier molecular flexibility index (Phi) is 5.00. The Morgan fingerprint density at radius 2 is 2.25 bits per heavy atom. The van der Waals surface area contributed by atoms with E-state index in [1.54, 1.807) is 6.07 Å². The Balaban J connectivity index is 2.00. The summed E-state index contributed by atoms with van der Waals surface area (Å²) >= 11 is 0. The second-order valence-corrected chi connectivity index (χ2v) is 6.57. The van der Waals surface area contributed by atoms with E-state index in [-0.39, 0.29) is 17.6 Å². The molecule has 0 amide bonds. The maximum atomic E-state index is 11.4. The molecular formula is C16H26N2O2. The molecule has 0 aromatic carbocycles. The molecule has 2 rings (SSSR count). The van der Waals surface area contributed by atoms with E-state index in [1.807, 2.05) is 6.07 Å². The largest absolute Gasteiger partial charge is 0.396 e. The Bertz CT molecular complexity index is 493. The van der Waals surface area contributed by atoms with Crippen molar-refractivity contribution in [1.29, 1.82) is 0 Å². The molecule has 1 aromatic heterocycles. The highest BCUT2D eigenvalue weighted by Gasteiger charge is 2.24. The van der Waals surface area contributed by atoms with Crippen LogP contribution in [0.2, 0.25) is 0 Å². The Labute approximate surface area is 120 Å². The summed E-state index contributed by atoms with van der Waals surface area (Å²) in [6, 6.07) is 3.92. The first kappa shape index (κ1) is 15.3. The van der Waals surface area contributed by atoms with Gasteiger partial charge in [-0.2, -0.15) is 0 Å². The standard InChI is InChI=1S/C16H26N2O2/c1-16(2,9-4-10-19)11-17-13-5-3-6-14-12(13)7-8-15(20)18-14/h7-8,13,17,19H,3-6,9-11H2,1-2H3,(H,18,20). The van der Waals surface area contributed by atoms with Crippen molar-refractivity contribution < 1.29 is 5.11 Å². The van der Waals surface area contributed by atoms with Crippen molar-refractivity contribution in [2.24, 2.45) is 5.41 Å². The van der Waals surface area contributed by atoms with Crippen molar-refractivity contribution in [3.05, 3.63) is 33.7 Å². The van der Waals surface area contributed by atoms with Gasteiger partial charge in [-0.15, -0.1) is 0 Å². The summed E-state index contributed by atoms with van der Waals surface area (Å²) in [7, 11) is 0. The molecule has 1 aromatic rings. The van der Waals surface area contributed by atoms with E-state index in [9.17, 15) is 4.79 Å². The van der Waals surface area contributed by atoms with Crippen LogP contribution in [0.25, 0.3) is 0 Å². The Morgan fingerprint density at radius 1 is 1.45 bits per heavy atom. The second kappa shape index (κ2) is 6.55. The van der Waals surface area contributed by atoms with Gasteiger partial charge in [0.15, 0.2) is 0 Å². The van der Waals surface area contributed by atoms with Crippen molar-refractivity contribution in [2.75, 3.05) is 13.2 Å². The number of aliphatic hydroxyl groups excluding tert-OH is 1. The minimum Gasteiger partial charge on any atom is -0.396 e. The molecule has 3 N–H and O–H groups in total. The zero-order valence-corrected chi connectivity index (χ0v) is 12.5. The summed E-state index contributed by atoms with van der Waals surface area (Å²) in [6.45, 7) is 5.64. The second-order valence-electron chi connectivity index (χ2n) is 6.57. The summed E-state index contributed by atoms with van der Waals surface area (Å²) in [4.78, 5) is 14.3. The summed E-state index contributed by atoms with van der Waals surface area (Å²) in [5, 5.41) is 12.6. The van der Waals surface area contributed by atoms with E-state index >= 15 is 0 Å². The van der Waals surface area contributed by atoms with Crippen LogP contribution in [-0.2, 0) is 6.42 Å². The molecule has 4 heteroatoms. The summed E-state index contributed by atoms with van der Waals surface area (Å²) in [5.41, 5.74) is 2.51. The number of aryl methyl sites for hydroxylation is 1. The fourth-order valence-electron chi connectivity index (χ4n) is 2.96. The number of pyridine rings is 1.